The molecular formula is C24H34N2O6S. The van der Waals surface area contributed by atoms with Crippen molar-refractivity contribution in [3.05, 3.63) is 60.2 Å². The molecule has 0 heterocycles. The number of alkyl carbamates (subject to hydrolysis) is 1. The summed E-state index contributed by atoms with van der Waals surface area (Å²) >= 11 is 0. The van der Waals surface area contributed by atoms with E-state index in [2.05, 4.69) is 10.0 Å². The maximum Gasteiger partial charge on any atom is 0.407 e. The summed E-state index contributed by atoms with van der Waals surface area (Å²) in [5.41, 5.74) is 0.575. The molecule has 9 heteroatoms. The molecule has 182 valence electrons. The number of rotatable bonds is 14. The number of hydrogen-bond acceptors (Lipinski definition) is 6. The second-order valence-corrected chi connectivity index (χ2v) is 9.36. The summed E-state index contributed by atoms with van der Waals surface area (Å²) < 4.78 is 36.9. The van der Waals surface area contributed by atoms with Gasteiger partial charge in [0.1, 0.15) is 28.9 Å². The van der Waals surface area contributed by atoms with Gasteiger partial charge in [-0.1, -0.05) is 30.3 Å². The van der Waals surface area contributed by atoms with Gasteiger partial charge in [-0.15, -0.1) is 0 Å². The normalized spacial score (nSPS) is 12.2. The molecule has 0 saturated heterocycles. The van der Waals surface area contributed by atoms with Crippen molar-refractivity contribution < 1.29 is 28.0 Å². The zero-order valence-electron chi connectivity index (χ0n) is 19.5. The van der Waals surface area contributed by atoms with Crippen LogP contribution in [0.2, 0.25) is 0 Å². The van der Waals surface area contributed by atoms with Crippen LogP contribution >= 0.6 is 0 Å². The van der Waals surface area contributed by atoms with E-state index >= 15 is 0 Å². The monoisotopic (exact) mass is 478 g/mol. The molecule has 0 radical (unpaired) electrons. The number of hydrogen-bond donors (Lipinski definition) is 2. The highest BCUT2D eigenvalue weighted by atomic mass is 32.2. The minimum atomic E-state index is -1.32. The molecule has 1 amide bonds. The van der Waals surface area contributed by atoms with E-state index in [9.17, 15) is 9.00 Å². The number of ether oxygens (including phenoxy) is 4. The fraction of sp³-hybridized carbons (Fsp3) is 0.458. The first-order valence-electron chi connectivity index (χ1n) is 10.9. The van der Waals surface area contributed by atoms with Gasteiger partial charge >= 0.3 is 6.09 Å². The average Bonchev–Trinajstić information content (AvgIpc) is 2.78. The number of benzene rings is 2. The lowest BCUT2D eigenvalue weighted by Gasteiger charge is -2.19. The SMILES string of the molecule is CC(C)(C)OC(=O)NCCOCCOCCNS(=O)c1ccc(OCc2ccccc2)cc1. The van der Waals surface area contributed by atoms with Crippen LogP contribution in [0, 0.1) is 0 Å². The van der Waals surface area contributed by atoms with Crippen LogP contribution in [-0.4, -0.2) is 55.4 Å². The molecule has 1 unspecified atom stereocenters. The predicted octanol–water partition coefficient (Wildman–Crippen LogP) is 3.44. The molecular weight excluding hydrogens is 444 g/mol. The Morgan fingerprint density at radius 1 is 0.879 bits per heavy atom. The van der Waals surface area contributed by atoms with Gasteiger partial charge in [0, 0.05) is 13.1 Å². The van der Waals surface area contributed by atoms with Gasteiger partial charge in [-0.3, -0.25) is 0 Å². The van der Waals surface area contributed by atoms with Gasteiger partial charge in [0.2, 0.25) is 0 Å². The number of amides is 1. The van der Waals surface area contributed by atoms with Crippen molar-refractivity contribution in [3.8, 4) is 5.75 Å². The van der Waals surface area contributed by atoms with E-state index in [0.717, 1.165) is 11.3 Å². The lowest BCUT2D eigenvalue weighted by Crippen LogP contribution is -2.34. The van der Waals surface area contributed by atoms with Crippen molar-refractivity contribution in [1.29, 1.82) is 0 Å². The molecule has 2 aromatic carbocycles. The highest BCUT2D eigenvalue weighted by Gasteiger charge is 2.15. The highest BCUT2D eigenvalue weighted by molar-refractivity contribution is 7.83. The molecule has 0 saturated carbocycles. The molecule has 2 N–H and O–H groups in total. The van der Waals surface area contributed by atoms with E-state index < -0.39 is 22.7 Å². The summed E-state index contributed by atoms with van der Waals surface area (Å²) in [5, 5.41) is 2.62. The standard InChI is InChI=1S/C24H34N2O6S/c1-24(2,3)32-23(27)25-13-15-29-17-18-30-16-14-26-33(28)22-11-9-21(10-12-22)31-19-20-7-5-4-6-8-20/h4-12,26H,13-19H2,1-3H3,(H,25,27). The molecule has 0 spiro atoms. The van der Waals surface area contributed by atoms with Gasteiger partial charge < -0.3 is 24.3 Å². The Morgan fingerprint density at radius 2 is 1.52 bits per heavy atom. The summed E-state index contributed by atoms with van der Waals surface area (Å²) in [6.07, 6.45) is -0.462. The lowest BCUT2D eigenvalue weighted by molar-refractivity contribution is 0.0408. The maximum atomic E-state index is 12.3. The van der Waals surface area contributed by atoms with E-state index in [0.29, 0.717) is 51.0 Å². The van der Waals surface area contributed by atoms with Crippen LogP contribution in [0.3, 0.4) is 0 Å². The Morgan fingerprint density at radius 3 is 2.15 bits per heavy atom. The highest BCUT2D eigenvalue weighted by Crippen LogP contribution is 2.15. The molecule has 33 heavy (non-hydrogen) atoms. The average molecular weight is 479 g/mol. The fourth-order valence-electron chi connectivity index (χ4n) is 2.55. The molecule has 0 aromatic heterocycles. The van der Waals surface area contributed by atoms with Gasteiger partial charge in [0.25, 0.3) is 0 Å². The molecule has 8 nitrogen and oxygen atoms in total. The van der Waals surface area contributed by atoms with Crippen molar-refractivity contribution in [2.75, 3.05) is 39.5 Å². The Kier molecular flexibility index (Phi) is 11.9. The van der Waals surface area contributed by atoms with Crippen LogP contribution in [0.4, 0.5) is 4.79 Å². The molecule has 0 aliphatic heterocycles. The number of carbonyl (C=O) groups is 1. The lowest BCUT2D eigenvalue weighted by atomic mass is 10.2. The van der Waals surface area contributed by atoms with Gasteiger partial charge in [0.05, 0.1) is 31.3 Å². The largest absolute Gasteiger partial charge is 0.489 e. The van der Waals surface area contributed by atoms with E-state index in [1.165, 1.54) is 0 Å². The predicted molar refractivity (Wildman–Crippen MR) is 128 cm³/mol. The summed E-state index contributed by atoms with van der Waals surface area (Å²) in [6.45, 7) is 8.32. The van der Waals surface area contributed by atoms with Crippen LogP contribution in [-0.2, 0) is 31.8 Å². The first-order chi connectivity index (χ1) is 15.8. The molecule has 1 atom stereocenters. The number of carbonyl (C=O) groups excluding carboxylic acids is 1. The topological polar surface area (TPSA) is 95.1 Å². The molecule has 2 rings (SSSR count). The van der Waals surface area contributed by atoms with Crippen molar-refractivity contribution >= 4 is 17.1 Å². The van der Waals surface area contributed by atoms with Gasteiger partial charge in [0.15, 0.2) is 0 Å². The quantitative estimate of drug-likeness (QED) is 0.404. The molecule has 0 aliphatic rings. The van der Waals surface area contributed by atoms with Crippen molar-refractivity contribution in [3.63, 3.8) is 0 Å². The third kappa shape index (κ3) is 12.4. The molecule has 0 bridgehead atoms. The van der Waals surface area contributed by atoms with Gasteiger partial charge in [-0.25, -0.2) is 13.7 Å². The van der Waals surface area contributed by atoms with Crippen LogP contribution in [0.5, 0.6) is 5.75 Å². The summed E-state index contributed by atoms with van der Waals surface area (Å²) in [6, 6.07) is 17.1. The van der Waals surface area contributed by atoms with Crippen molar-refractivity contribution in [2.24, 2.45) is 0 Å². The summed E-state index contributed by atoms with van der Waals surface area (Å²) in [5.74, 6) is 0.726. The second-order valence-electron chi connectivity index (χ2n) is 8.06. The molecule has 2 aromatic rings. The third-order valence-electron chi connectivity index (χ3n) is 4.05. The Balaban J connectivity index is 1.48. The van der Waals surface area contributed by atoms with Crippen LogP contribution in [0.15, 0.2) is 59.5 Å². The Hall–Kier alpha value is -2.46. The second kappa shape index (κ2) is 14.6. The first kappa shape index (κ1) is 26.8. The third-order valence-corrected chi connectivity index (χ3v) is 5.22. The van der Waals surface area contributed by atoms with Gasteiger partial charge in [-0.05, 0) is 50.6 Å². The minimum absolute atomic E-state index is 0.367. The van der Waals surface area contributed by atoms with Crippen LogP contribution < -0.4 is 14.8 Å². The van der Waals surface area contributed by atoms with Crippen LogP contribution in [0.1, 0.15) is 26.3 Å². The zero-order chi connectivity index (χ0) is 23.9. The van der Waals surface area contributed by atoms with E-state index in [4.69, 9.17) is 18.9 Å². The van der Waals surface area contributed by atoms with E-state index in [-0.39, 0.29) is 0 Å². The zero-order valence-corrected chi connectivity index (χ0v) is 20.3. The van der Waals surface area contributed by atoms with Crippen molar-refractivity contribution in [2.45, 2.75) is 37.9 Å². The molecule has 0 aliphatic carbocycles. The molecule has 0 fully saturated rings. The Bertz CT molecular complexity index is 840. The smallest absolute Gasteiger partial charge is 0.407 e. The first-order valence-corrected chi connectivity index (χ1v) is 12.0. The fourth-order valence-corrected chi connectivity index (χ4v) is 3.37. The minimum Gasteiger partial charge on any atom is -0.489 e. The number of nitrogens with one attached hydrogen (secondary N) is 2. The Labute approximate surface area is 198 Å². The van der Waals surface area contributed by atoms with Crippen LogP contribution in [0.25, 0.3) is 0 Å². The maximum absolute atomic E-state index is 12.3. The van der Waals surface area contributed by atoms with E-state index in [1.54, 1.807) is 12.1 Å². The van der Waals surface area contributed by atoms with E-state index in [1.807, 2.05) is 63.2 Å². The summed E-state index contributed by atoms with van der Waals surface area (Å²) in [7, 11) is -1.32. The summed E-state index contributed by atoms with van der Waals surface area (Å²) in [4.78, 5) is 12.1. The van der Waals surface area contributed by atoms with Gasteiger partial charge in [-0.2, -0.15) is 0 Å². The van der Waals surface area contributed by atoms with Crippen molar-refractivity contribution in [1.82, 2.24) is 10.0 Å².